The Morgan fingerprint density at radius 2 is 1.88 bits per heavy atom. The molecule has 0 aliphatic carbocycles. The molecular weight excluding hydrogens is 384 g/mol. The van der Waals surface area contributed by atoms with E-state index in [4.69, 9.17) is 0 Å². The molecule has 0 aliphatic rings. The first-order valence-corrected chi connectivity index (χ1v) is 11.0. The van der Waals surface area contributed by atoms with Crippen molar-refractivity contribution in [1.82, 2.24) is 4.98 Å². The Bertz CT molecular complexity index is 913. The van der Waals surface area contributed by atoms with Gasteiger partial charge in [-0.2, -0.15) is 0 Å². The topological polar surface area (TPSA) is 59.1 Å². The zero-order valence-corrected chi connectivity index (χ0v) is 16.9. The van der Waals surface area contributed by atoms with Crippen LogP contribution in [-0.2, 0) is 4.79 Å². The summed E-state index contributed by atoms with van der Waals surface area (Å²) in [6, 6.07) is 11.9. The van der Waals surface area contributed by atoms with Crippen molar-refractivity contribution < 1.29 is 9.59 Å². The van der Waals surface area contributed by atoms with Gasteiger partial charge in [0.15, 0.2) is 10.9 Å². The molecule has 0 unspecified atom stereocenters. The summed E-state index contributed by atoms with van der Waals surface area (Å²) in [6.45, 7) is 1.96. The van der Waals surface area contributed by atoms with E-state index in [1.54, 1.807) is 11.8 Å². The van der Waals surface area contributed by atoms with Gasteiger partial charge in [-0.1, -0.05) is 12.1 Å². The zero-order valence-electron chi connectivity index (χ0n) is 14.4. The van der Waals surface area contributed by atoms with Crippen molar-refractivity contribution >= 4 is 51.3 Å². The summed E-state index contributed by atoms with van der Waals surface area (Å²) in [6.07, 6.45) is 2.41. The maximum atomic E-state index is 12.1. The van der Waals surface area contributed by atoms with Crippen LogP contribution in [0, 0.1) is 6.92 Å². The molecule has 1 aromatic carbocycles. The van der Waals surface area contributed by atoms with Crippen LogP contribution in [0.25, 0.3) is 11.3 Å². The van der Waals surface area contributed by atoms with E-state index < -0.39 is 0 Å². The third-order valence-corrected chi connectivity index (χ3v) is 6.27. The van der Waals surface area contributed by atoms with Gasteiger partial charge in [-0.05, 0) is 37.4 Å². The highest BCUT2D eigenvalue weighted by molar-refractivity contribution is 7.98. The van der Waals surface area contributed by atoms with Crippen LogP contribution in [0.1, 0.15) is 27.4 Å². The molecule has 0 saturated heterocycles. The van der Waals surface area contributed by atoms with Crippen LogP contribution in [0.5, 0.6) is 0 Å². The number of anilines is 1. The maximum absolute atomic E-state index is 12.1. The van der Waals surface area contributed by atoms with E-state index in [1.807, 2.05) is 42.8 Å². The van der Waals surface area contributed by atoms with Crippen LogP contribution in [0.2, 0.25) is 0 Å². The zero-order chi connectivity index (χ0) is 18.5. The lowest BCUT2D eigenvalue weighted by atomic mass is 10.2. The molecule has 134 valence electrons. The molecule has 3 rings (SSSR count). The number of thiazole rings is 1. The Labute approximate surface area is 164 Å². The third kappa shape index (κ3) is 4.81. The largest absolute Gasteiger partial charge is 0.302 e. The molecule has 26 heavy (non-hydrogen) atoms. The van der Waals surface area contributed by atoms with Crippen LogP contribution in [-0.4, -0.2) is 22.9 Å². The van der Waals surface area contributed by atoms with Gasteiger partial charge in [0.1, 0.15) is 0 Å². The van der Waals surface area contributed by atoms with Gasteiger partial charge < -0.3 is 5.32 Å². The monoisotopic (exact) mass is 402 g/mol. The molecule has 2 heterocycles. The number of hydrogen-bond donors (Lipinski definition) is 1. The van der Waals surface area contributed by atoms with Gasteiger partial charge in [0, 0.05) is 33.6 Å². The molecule has 0 aliphatic heterocycles. The standard InChI is InChI=1S/C19H18N2O2S3/c1-12-3-9-17(26-12)16(22)8-10-18(23)21-19-20-15(11-25-19)13-4-6-14(24-2)7-5-13/h3-7,9,11H,8,10H2,1-2H3,(H,20,21,23). The minimum atomic E-state index is -0.190. The summed E-state index contributed by atoms with van der Waals surface area (Å²) in [5.41, 5.74) is 1.85. The highest BCUT2D eigenvalue weighted by Crippen LogP contribution is 2.27. The highest BCUT2D eigenvalue weighted by atomic mass is 32.2. The van der Waals surface area contributed by atoms with E-state index >= 15 is 0 Å². The van der Waals surface area contributed by atoms with Crippen LogP contribution in [0.3, 0.4) is 0 Å². The first-order chi connectivity index (χ1) is 12.5. The van der Waals surface area contributed by atoms with Crippen molar-refractivity contribution in [1.29, 1.82) is 0 Å². The molecule has 0 spiro atoms. The molecule has 0 bridgehead atoms. The van der Waals surface area contributed by atoms with E-state index in [9.17, 15) is 9.59 Å². The van der Waals surface area contributed by atoms with Gasteiger partial charge in [0.2, 0.25) is 5.91 Å². The number of rotatable bonds is 7. The van der Waals surface area contributed by atoms with Gasteiger partial charge >= 0.3 is 0 Å². The van der Waals surface area contributed by atoms with Crippen LogP contribution >= 0.6 is 34.4 Å². The van der Waals surface area contributed by atoms with Gasteiger partial charge in [-0.25, -0.2) is 4.98 Å². The normalized spacial score (nSPS) is 10.7. The number of benzene rings is 1. The van der Waals surface area contributed by atoms with Gasteiger partial charge in [-0.3, -0.25) is 9.59 Å². The minimum absolute atomic E-state index is 0.00645. The van der Waals surface area contributed by atoms with E-state index in [0.29, 0.717) is 10.0 Å². The Morgan fingerprint density at radius 1 is 1.12 bits per heavy atom. The number of thioether (sulfide) groups is 1. The number of aromatic nitrogens is 1. The first-order valence-electron chi connectivity index (χ1n) is 8.04. The molecule has 1 amide bonds. The van der Waals surface area contributed by atoms with Crippen molar-refractivity contribution in [3.8, 4) is 11.3 Å². The average Bonchev–Trinajstić information content (AvgIpc) is 3.29. The molecule has 4 nitrogen and oxygen atoms in total. The average molecular weight is 403 g/mol. The summed E-state index contributed by atoms with van der Waals surface area (Å²) in [7, 11) is 0. The molecule has 1 N–H and O–H groups in total. The number of Topliss-reactive ketones (excluding diaryl/α,β-unsaturated/α-hetero) is 1. The molecule has 0 radical (unpaired) electrons. The predicted octanol–water partition coefficient (Wildman–Crippen LogP) is 5.50. The number of carbonyl (C=O) groups is 2. The lowest BCUT2D eigenvalue weighted by Gasteiger charge is -2.01. The Kier molecular flexibility index (Phi) is 6.24. The second kappa shape index (κ2) is 8.62. The smallest absolute Gasteiger partial charge is 0.226 e. The number of carbonyl (C=O) groups excluding carboxylic acids is 2. The quantitative estimate of drug-likeness (QED) is 0.418. The number of hydrogen-bond acceptors (Lipinski definition) is 6. The lowest BCUT2D eigenvalue weighted by Crippen LogP contribution is -2.13. The van der Waals surface area contributed by atoms with Crippen molar-refractivity contribution in [2.45, 2.75) is 24.7 Å². The molecule has 0 atom stereocenters. The molecule has 0 saturated carbocycles. The molecule has 2 aromatic heterocycles. The number of aryl methyl sites for hydroxylation is 1. The fraction of sp³-hybridized carbons (Fsp3) is 0.211. The van der Waals surface area contributed by atoms with Gasteiger partial charge in [0.25, 0.3) is 0 Å². The summed E-state index contributed by atoms with van der Waals surface area (Å²) < 4.78 is 0. The van der Waals surface area contributed by atoms with Crippen molar-refractivity contribution in [2.24, 2.45) is 0 Å². The second-order valence-electron chi connectivity index (χ2n) is 5.65. The lowest BCUT2D eigenvalue weighted by molar-refractivity contribution is -0.116. The third-order valence-electron chi connectivity index (χ3n) is 3.73. The molecule has 7 heteroatoms. The predicted molar refractivity (Wildman–Crippen MR) is 111 cm³/mol. The van der Waals surface area contributed by atoms with E-state index in [0.717, 1.165) is 16.1 Å². The molecular formula is C19H18N2O2S3. The van der Waals surface area contributed by atoms with Gasteiger partial charge in [-0.15, -0.1) is 34.4 Å². The number of thiophene rings is 1. The fourth-order valence-corrected chi connectivity index (χ4v) is 4.32. The van der Waals surface area contributed by atoms with E-state index in [-0.39, 0.29) is 24.5 Å². The van der Waals surface area contributed by atoms with Gasteiger partial charge in [0.05, 0.1) is 10.6 Å². The summed E-state index contributed by atoms with van der Waals surface area (Å²) in [5.74, 6) is -0.183. The number of nitrogens with one attached hydrogen (secondary N) is 1. The van der Waals surface area contributed by atoms with Crippen molar-refractivity contribution in [2.75, 3.05) is 11.6 Å². The summed E-state index contributed by atoms with van der Waals surface area (Å²) in [4.78, 5) is 31.6. The second-order valence-corrected chi connectivity index (χ2v) is 8.67. The van der Waals surface area contributed by atoms with E-state index in [1.165, 1.54) is 27.6 Å². The minimum Gasteiger partial charge on any atom is -0.302 e. The Hall–Kier alpha value is -1.96. The van der Waals surface area contributed by atoms with Crippen LogP contribution in [0.4, 0.5) is 5.13 Å². The van der Waals surface area contributed by atoms with Crippen molar-refractivity contribution in [3.05, 3.63) is 51.5 Å². The van der Waals surface area contributed by atoms with Crippen LogP contribution < -0.4 is 5.32 Å². The fourth-order valence-electron chi connectivity index (χ4n) is 2.34. The maximum Gasteiger partial charge on any atom is 0.226 e. The van der Waals surface area contributed by atoms with E-state index in [2.05, 4.69) is 22.4 Å². The van der Waals surface area contributed by atoms with Crippen LogP contribution in [0.15, 0.2) is 46.7 Å². The molecule has 0 fully saturated rings. The summed E-state index contributed by atoms with van der Waals surface area (Å²) in [5, 5.41) is 5.26. The first kappa shape index (κ1) is 18.8. The Morgan fingerprint density at radius 3 is 2.54 bits per heavy atom. The van der Waals surface area contributed by atoms with Crippen molar-refractivity contribution in [3.63, 3.8) is 0 Å². The Balaban J connectivity index is 1.54. The highest BCUT2D eigenvalue weighted by Gasteiger charge is 2.13. The number of nitrogens with zero attached hydrogens (tertiary/aromatic N) is 1. The summed E-state index contributed by atoms with van der Waals surface area (Å²) >= 11 is 4.54. The SMILES string of the molecule is CSc1ccc(-c2csc(NC(=O)CCC(=O)c3ccc(C)s3)n2)cc1. The molecule has 3 aromatic rings. The number of amides is 1. The number of ketones is 1.